The molecule has 2 N–H and O–H groups in total. The summed E-state index contributed by atoms with van der Waals surface area (Å²) in [6, 6.07) is 20.9. The molecular formula is C24H26N2O4S. The predicted molar refractivity (Wildman–Crippen MR) is 122 cm³/mol. The molecule has 6 nitrogen and oxygen atoms in total. The van der Waals surface area contributed by atoms with Gasteiger partial charge in [0.05, 0.1) is 4.90 Å². The zero-order valence-corrected chi connectivity index (χ0v) is 18.6. The molecule has 31 heavy (non-hydrogen) atoms. The van der Waals surface area contributed by atoms with E-state index in [1.165, 1.54) is 12.1 Å². The lowest BCUT2D eigenvalue weighted by atomic mass is 10.1. The first-order valence-corrected chi connectivity index (χ1v) is 11.4. The van der Waals surface area contributed by atoms with E-state index in [1.807, 2.05) is 44.2 Å². The van der Waals surface area contributed by atoms with Crippen LogP contribution in [0.25, 0.3) is 0 Å². The van der Waals surface area contributed by atoms with Gasteiger partial charge < -0.3 is 10.1 Å². The van der Waals surface area contributed by atoms with E-state index in [4.69, 9.17) is 4.74 Å². The molecule has 0 saturated carbocycles. The largest absolute Gasteiger partial charge is 0.489 e. The molecule has 3 aromatic carbocycles. The van der Waals surface area contributed by atoms with Gasteiger partial charge in [0.2, 0.25) is 0 Å². The van der Waals surface area contributed by atoms with Gasteiger partial charge in [0.1, 0.15) is 12.4 Å². The van der Waals surface area contributed by atoms with Gasteiger partial charge in [-0.25, -0.2) is 8.42 Å². The van der Waals surface area contributed by atoms with Crippen molar-refractivity contribution in [2.75, 3.05) is 4.72 Å². The minimum Gasteiger partial charge on any atom is -0.489 e. The highest BCUT2D eigenvalue weighted by atomic mass is 32.2. The molecule has 0 radical (unpaired) electrons. The van der Waals surface area contributed by atoms with Gasteiger partial charge in [-0.05, 0) is 68.3 Å². The molecule has 0 heterocycles. The third-order valence-electron chi connectivity index (χ3n) is 4.54. The third-order valence-corrected chi connectivity index (χ3v) is 5.92. The Morgan fingerprint density at radius 2 is 1.65 bits per heavy atom. The van der Waals surface area contributed by atoms with E-state index < -0.39 is 10.0 Å². The maximum atomic E-state index is 12.8. The zero-order valence-electron chi connectivity index (χ0n) is 17.8. The van der Waals surface area contributed by atoms with Crippen molar-refractivity contribution in [3.63, 3.8) is 0 Å². The van der Waals surface area contributed by atoms with Crippen molar-refractivity contribution in [3.05, 3.63) is 89.5 Å². The molecule has 0 aliphatic carbocycles. The summed E-state index contributed by atoms with van der Waals surface area (Å²) in [6.45, 7) is 5.90. The summed E-state index contributed by atoms with van der Waals surface area (Å²) in [5.41, 5.74) is 2.49. The number of hydrogen-bond donors (Lipinski definition) is 2. The number of nitrogens with one attached hydrogen (secondary N) is 2. The van der Waals surface area contributed by atoms with E-state index in [0.29, 0.717) is 29.2 Å². The Kier molecular flexibility index (Phi) is 6.97. The van der Waals surface area contributed by atoms with Crippen molar-refractivity contribution in [3.8, 4) is 5.75 Å². The van der Waals surface area contributed by atoms with Crippen LogP contribution < -0.4 is 14.8 Å². The second kappa shape index (κ2) is 9.66. The molecule has 7 heteroatoms. The van der Waals surface area contributed by atoms with E-state index in [0.717, 1.165) is 5.56 Å². The molecule has 162 valence electrons. The molecule has 0 atom stereocenters. The SMILES string of the molecule is Cc1ccc(S(=O)(=O)Nc2ccc(OCc3ccccc3)cc2)cc1C(=O)NC(C)C. The molecule has 0 aromatic heterocycles. The second-order valence-electron chi connectivity index (χ2n) is 7.51. The predicted octanol–water partition coefficient (Wildman–Crippen LogP) is 4.51. The summed E-state index contributed by atoms with van der Waals surface area (Å²) >= 11 is 0. The normalized spacial score (nSPS) is 11.2. The van der Waals surface area contributed by atoms with Crippen molar-refractivity contribution in [2.24, 2.45) is 0 Å². The Balaban J connectivity index is 1.71. The number of hydrogen-bond acceptors (Lipinski definition) is 4. The number of ether oxygens (including phenoxy) is 1. The highest BCUT2D eigenvalue weighted by Crippen LogP contribution is 2.22. The number of carbonyl (C=O) groups is 1. The number of aryl methyl sites for hydroxylation is 1. The number of carbonyl (C=O) groups excluding carboxylic acids is 1. The van der Waals surface area contributed by atoms with Crippen LogP contribution in [-0.4, -0.2) is 20.4 Å². The molecule has 0 saturated heterocycles. The van der Waals surface area contributed by atoms with Gasteiger partial charge in [-0.2, -0.15) is 0 Å². The Hall–Kier alpha value is -3.32. The summed E-state index contributed by atoms with van der Waals surface area (Å²) in [5, 5.41) is 2.79. The van der Waals surface area contributed by atoms with Crippen molar-refractivity contribution in [2.45, 2.75) is 38.3 Å². The van der Waals surface area contributed by atoms with Crippen molar-refractivity contribution in [1.82, 2.24) is 5.32 Å². The molecular weight excluding hydrogens is 412 g/mol. The Morgan fingerprint density at radius 1 is 0.968 bits per heavy atom. The van der Waals surface area contributed by atoms with E-state index in [1.54, 1.807) is 37.3 Å². The lowest BCUT2D eigenvalue weighted by Gasteiger charge is -2.13. The zero-order chi connectivity index (χ0) is 22.4. The minimum atomic E-state index is -3.85. The molecule has 0 aliphatic rings. The van der Waals surface area contributed by atoms with Crippen LogP contribution in [-0.2, 0) is 16.6 Å². The summed E-state index contributed by atoms with van der Waals surface area (Å²) < 4.78 is 33.9. The quantitative estimate of drug-likeness (QED) is 0.542. The lowest BCUT2D eigenvalue weighted by Crippen LogP contribution is -2.30. The Labute approximate surface area is 183 Å². The van der Waals surface area contributed by atoms with Crippen LogP contribution in [0.5, 0.6) is 5.75 Å². The average molecular weight is 439 g/mol. The lowest BCUT2D eigenvalue weighted by molar-refractivity contribution is 0.0942. The van der Waals surface area contributed by atoms with Gasteiger partial charge in [0.25, 0.3) is 15.9 Å². The highest BCUT2D eigenvalue weighted by Gasteiger charge is 2.18. The Morgan fingerprint density at radius 3 is 2.29 bits per heavy atom. The summed E-state index contributed by atoms with van der Waals surface area (Å²) in [5.74, 6) is 0.333. The van der Waals surface area contributed by atoms with Crippen LogP contribution in [0, 0.1) is 6.92 Å². The van der Waals surface area contributed by atoms with Crippen LogP contribution in [0.3, 0.4) is 0 Å². The van der Waals surface area contributed by atoms with Gasteiger partial charge in [0.15, 0.2) is 0 Å². The summed E-state index contributed by atoms with van der Waals surface area (Å²) in [4.78, 5) is 12.4. The van der Waals surface area contributed by atoms with Gasteiger partial charge >= 0.3 is 0 Å². The average Bonchev–Trinajstić information content (AvgIpc) is 2.73. The van der Waals surface area contributed by atoms with Crippen LogP contribution >= 0.6 is 0 Å². The second-order valence-corrected chi connectivity index (χ2v) is 9.19. The molecule has 0 spiro atoms. The number of rotatable bonds is 8. The van der Waals surface area contributed by atoms with Crippen LogP contribution in [0.15, 0.2) is 77.7 Å². The molecule has 0 bridgehead atoms. The van der Waals surface area contributed by atoms with Crippen LogP contribution in [0.2, 0.25) is 0 Å². The molecule has 0 unspecified atom stereocenters. The van der Waals surface area contributed by atoms with Gasteiger partial charge in [0, 0.05) is 17.3 Å². The first kappa shape index (κ1) is 22.4. The molecule has 0 fully saturated rings. The van der Waals surface area contributed by atoms with Crippen molar-refractivity contribution >= 4 is 21.6 Å². The fourth-order valence-electron chi connectivity index (χ4n) is 2.93. The maximum Gasteiger partial charge on any atom is 0.261 e. The number of anilines is 1. The maximum absolute atomic E-state index is 12.8. The topological polar surface area (TPSA) is 84.5 Å². The first-order chi connectivity index (χ1) is 14.7. The van der Waals surface area contributed by atoms with Crippen molar-refractivity contribution < 1.29 is 17.9 Å². The highest BCUT2D eigenvalue weighted by molar-refractivity contribution is 7.92. The first-order valence-electron chi connectivity index (χ1n) is 9.96. The van der Waals surface area contributed by atoms with Crippen molar-refractivity contribution in [1.29, 1.82) is 0 Å². The fraction of sp³-hybridized carbons (Fsp3) is 0.208. The summed E-state index contributed by atoms with van der Waals surface area (Å²) in [7, 11) is -3.85. The smallest absolute Gasteiger partial charge is 0.261 e. The number of sulfonamides is 1. The van der Waals surface area contributed by atoms with E-state index in [-0.39, 0.29) is 16.8 Å². The standard InChI is InChI=1S/C24H26N2O4S/c1-17(2)25-24(27)23-15-22(14-9-18(23)3)31(28,29)26-20-10-12-21(13-11-20)30-16-19-7-5-4-6-8-19/h4-15,17,26H,16H2,1-3H3,(H,25,27). The molecule has 3 aromatic rings. The molecule has 0 aliphatic heterocycles. The minimum absolute atomic E-state index is 0.0245. The molecule has 1 amide bonds. The summed E-state index contributed by atoms with van der Waals surface area (Å²) in [6.07, 6.45) is 0. The third kappa shape index (κ3) is 6.08. The number of benzene rings is 3. The van der Waals surface area contributed by atoms with Crippen LogP contribution in [0.4, 0.5) is 5.69 Å². The van der Waals surface area contributed by atoms with E-state index in [9.17, 15) is 13.2 Å². The van der Waals surface area contributed by atoms with E-state index in [2.05, 4.69) is 10.0 Å². The van der Waals surface area contributed by atoms with Crippen LogP contribution in [0.1, 0.15) is 35.3 Å². The monoisotopic (exact) mass is 438 g/mol. The number of amides is 1. The van der Waals surface area contributed by atoms with Gasteiger partial charge in [-0.1, -0.05) is 36.4 Å². The molecule has 3 rings (SSSR count). The van der Waals surface area contributed by atoms with Gasteiger partial charge in [-0.3, -0.25) is 9.52 Å². The fourth-order valence-corrected chi connectivity index (χ4v) is 4.01. The van der Waals surface area contributed by atoms with Gasteiger partial charge in [-0.15, -0.1) is 0 Å². The Bertz CT molecular complexity index is 1140. The van der Waals surface area contributed by atoms with E-state index >= 15 is 0 Å².